The van der Waals surface area contributed by atoms with Crippen LogP contribution in [0.3, 0.4) is 0 Å². The summed E-state index contributed by atoms with van der Waals surface area (Å²) in [5, 5.41) is 2.86. The number of thioether (sulfide) groups is 1. The van der Waals surface area contributed by atoms with E-state index in [4.69, 9.17) is 0 Å². The van der Waals surface area contributed by atoms with Crippen LogP contribution in [0.15, 0.2) is 70.6 Å². The summed E-state index contributed by atoms with van der Waals surface area (Å²) in [5.74, 6) is -1.22. The smallest absolute Gasteiger partial charge is 0.387 e. The summed E-state index contributed by atoms with van der Waals surface area (Å²) in [5.41, 5.74) is 1.04. The standard InChI is InChI=1S/C19H14BrF2N3O3S/c20-13-3-5-14(6-4-13)25-10-9-23-19(25)29-11-16(26)24-17(27)12-1-7-15(8-2-12)28-18(21)22/h1-10,18H,11H2,(H,24,26,27). The second-order valence-corrected chi connectivity index (χ2v) is 7.48. The molecule has 0 bridgehead atoms. The average Bonchev–Trinajstić information content (AvgIpc) is 3.15. The van der Waals surface area contributed by atoms with Gasteiger partial charge in [-0.05, 0) is 48.5 Å². The molecule has 6 nitrogen and oxygen atoms in total. The third-order valence-corrected chi connectivity index (χ3v) is 5.13. The van der Waals surface area contributed by atoms with Crippen molar-refractivity contribution in [3.63, 3.8) is 0 Å². The van der Waals surface area contributed by atoms with Gasteiger partial charge in [0.05, 0.1) is 5.75 Å². The predicted molar refractivity (Wildman–Crippen MR) is 108 cm³/mol. The Hall–Kier alpha value is -2.72. The van der Waals surface area contributed by atoms with E-state index in [9.17, 15) is 18.4 Å². The van der Waals surface area contributed by atoms with E-state index in [-0.39, 0.29) is 17.1 Å². The lowest BCUT2D eigenvalue weighted by molar-refractivity contribution is -0.117. The highest BCUT2D eigenvalue weighted by Gasteiger charge is 2.14. The van der Waals surface area contributed by atoms with Crippen molar-refractivity contribution in [3.05, 3.63) is 71.0 Å². The number of imide groups is 1. The van der Waals surface area contributed by atoms with Crippen molar-refractivity contribution in [2.24, 2.45) is 0 Å². The highest BCUT2D eigenvalue weighted by atomic mass is 79.9. The molecule has 0 saturated heterocycles. The molecule has 0 aliphatic carbocycles. The van der Waals surface area contributed by atoms with Crippen molar-refractivity contribution in [2.45, 2.75) is 11.8 Å². The van der Waals surface area contributed by atoms with E-state index in [2.05, 4.69) is 31.0 Å². The summed E-state index contributed by atoms with van der Waals surface area (Å²) in [4.78, 5) is 28.5. The van der Waals surface area contributed by atoms with Gasteiger partial charge in [-0.15, -0.1) is 0 Å². The maximum absolute atomic E-state index is 12.1. The maximum Gasteiger partial charge on any atom is 0.387 e. The first-order valence-corrected chi connectivity index (χ1v) is 10.0. The van der Waals surface area contributed by atoms with Crippen LogP contribution in [0.25, 0.3) is 5.69 Å². The predicted octanol–water partition coefficient (Wildman–Crippen LogP) is 4.28. The number of benzene rings is 2. The molecule has 0 aliphatic heterocycles. The topological polar surface area (TPSA) is 73.2 Å². The molecule has 3 aromatic rings. The number of amides is 2. The van der Waals surface area contributed by atoms with Crippen molar-refractivity contribution >= 4 is 39.5 Å². The lowest BCUT2D eigenvalue weighted by Gasteiger charge is -2.08. The number of rotatable bonds is 7. The fraction of sp³-hybridized carbons (Fsp3) is 0.105. The quantitative estimate of drug-likeness (QED) is 0.509. The van der Waals surface area contributed by atoms with E-state index in [0.717, 1.165) is 10.2 Å². The molecule has 0 aliphatic rings. The molecular weight excluding hydrogens is 468 g/mol. The molecule has 1 N–H and O–H groups in total. The zero-order valence-electron chi connectivity index (χ0n) is 14.7. The zero-order chi connectivity index (χ0) is 20.8. The highest BCUT2D eigenvalue weighted by molar-refractivity contribution is 9.10. The first-order valence-electron chi connectivity index (χ1n) is 8.23. The van der Waals surface area contributed by atoms with E-state index >= 15 is 0 Å². The Kier molecular flexibility index (Phi) is 6.99. The summed E-state index contributed by atoms with van der Waals surface area (Å²) in [6.07, 6.45) is 3.40. The van der Waals surface area contributed by atoms with Crippen LogP contribution in [-0.2, 0) is 4.79 Å². The van der Waals surface area contributed by atoms with Crippen molar-refractivity contribution in [1.29, 1.82) is 0 Å². The number of carbonyl (C=O) groups is 2. The van der Waals surface area contributed by atoms with Gasteiger partial charge in [-0.1, -0.05) is 27.7 Å². The minimum Gasteiger partial charge on any atom is -0.435 e. The minimum absolute atomic E-state index is 0.0220. The number of nitrogens with one attached hydrogen (secondary N) is 1. The van der Waals surface area contributed by atoms with E-state index in [0.29, 0.717) is 5.16 Å². The number of ether oxygens (including phenoxy) is 1. The van der Waals surface area contributed by atoms with E-state index in [1.807, 2.05) is 28.8 Å². The molecule has 150 valence electrons. The molecule has 2 aromatic carbocycles. The second-order valence-electron chi connectivity index (χ2n) is 5.63. The molecule has 3 rings (SSSR count). The third kappa shape index (κ3) is 5.88. The molecule has 0 radical (unpaired) electrons. The summed E-state index contributed by atoms with van der Waals surface area (Å²) in [6.45, 7) is -2.95. The lowest BCUT2D eigenvalue weighted by atomic mass is 10.2. The maximum atomic E-state index is 12.1. The van der Waals surface area contributed by atoms with Crippen LogP contribution in [0.1, 0.15) is 10.4 Å². The minimum atomic E-state index is -2.95. The van der Waals surface area contributed by atoms with Gasteiger partial charge in [-0.25, -0.2) is 4.98 Å². The number of hydrogen-bond donors (Lipinski definition) is 1. The first-order chi connectivity index (χ1) is 13.9. The molecular formula is C19H14BrF2N3O3S. The van der Waals surface area contributed by atoms with Crippen molar-refractivity contribution in [3.8, 4) is 11.4 Å². The number of halogens is 3. The van der Waals surface area contributed by atoms with Crippen molar-refractivity contribution in [2.75, 3.05) is 5.75 Å². The summed E-state index contributed by atoms with van der Waals surface area (Å²) in [7, 11) is 0. The molecule has 0 saturated carbocycles. The Morgan fingerprint density at radius 1 is 1.14 bits per heavy atom. The van der Waals surface area contributed by atoms with Crippen LogP contribution in [-0.4, -0.2) is 33.7 Å². The van der Waals surface area contributed by atoms with E-state index in [1.165, 1.54) is 36.0 Å². The number of carbonyl (C=O) groups excluding carboxylic acids is 2. The number of hydrogen-bond acceptors (Lipinski definition) is 5. The average molecular weight is 482 g/mol. The Morgan fingerprint density at radius 2 is 1.83 bits per heavy atom. The number of nitrogens with zero attached hydrogens (tertiary/aromatic N) is 2. The van der Waals surface area contributed by atoms with Gasteiger partial charge in [0.1, 0.15) is 5.75 Å². The third-order valence-electron chi connectivity index (χ3n) is 3.64. The molecule has 0 spiro atoms. The largest absolute Gasteiger partial charge is 0.435 e. The Labute approximate surface area is 177 Å². The number of imidazole rings is 1. The van der Waals surface area contributed by atoms with Crippen LogP contribution >= 0.6 is 27.7 Å². The molecule has 0 atom stereocenters. The molecule has 0 unspecified atom stereocenters. The molecule has 1 aromatic heterocycles. The molecule has 1 heterocycles. The highest BCUT2D eigenvalue weighted by Crippen LogP contribution is 2.22. The monoisotopic (exact) mass is 481 g/mol. The molecule has 2 amide bonds. The lowest BCUT2D eigenvalue weighted by Crippen LogP contribution is -2.31. The molecule has 29 heavy (non-hydrogen) atoms. The molecule has 0 fully saturated rings. The second kappa shape index (κ2) is 9.66. The summed E-state index contributed by atoms with van der Waals surface area (Å²) < 4.78 is 31.3. The normalized spacial score (nSPS) is 10.8. The van der Waals surface area contributed by atoms with E-state index < -0.39 is 18.4 Å². The van der Waals surface area contributed by atoms with Crippen LogP contribution in [0.5, 0.6) is 5.75 Å². The van der Waals surface area contributed by atoms with Crippen molar-refractivity contribution < 1.29 is 23.1 Å². The zero-order valence-corrected chi connectivity index (χ0v) is 17.1. The van der Waals surface area contributed by atoms with Crippen LogP contribution < -0.4 is 10.1 Å². The van der Waals surface area contributed by atoms with Crippen LogP contribution in [0.2, 0.25) is 0 Å². The Balaban J connectivity index is 1.56. The first kappa shape index (κ1) is 21.0. The fourth-order valence-electron chi connectivity index (χ4n) is 2.35. The van der Waals surface area contributed by atoms with E-state index in [1.54, 1.807) is 12.4 Å². The van der Waals surface area contributed by atoms with Gasteiger partial charge in [0.15, 0.2) is 5.16 Å². The van der Waals surface area contributed by atoms with Gasteiger partial charge in [0.2, 0.25) is 5.91 Å². The van der Waals surface area contributed by atoms with Gasteiger partial charge in [-0.2, -0.15) is 8.78 Å². The van der Waals surface area contributed by atoms with Gasteiger partial charge >= 0.3 is 6.61 Å². The van der Waals surface area contributed by atoms with Gasteiger partial charge in [0, 0.05) is 28.1 Å². The summed E-state index contributed by atoms with van der Waals surface area (Å²) >= 11 is 4.56. The van der Waals surface area contributed by atoms with Gasteiger partial charge < -0.3 is 4.74 Å². The van der Waals surface area contributed by atoms with Gasteiger partial charge in [0.25, 0.3) is 5.91 Å². The number of alkyl halides is 2. The van der Waals surface area contributed by atoms with Gasteiger partial charge in [-0.3, -0.25) is 19.5 Å². The fourth-order valence-corrected chi connectivity index (χ4v) is 3.38. The van der Waals surface area contributed by atoms with Crippen LogP contribution in [0, 0.1) is 0 Å². The SMILES string of the molecule is O=C(CSc1nccn1-c1ccc(Br)cc1)NC(=O)c1ccc(OC(F)F)cc1. The summed E-state index contributed by atoms with van der Waals surface area (Å²) in [6, 6.07) is 12.7. The Bertz CT molecular complexity index is 995. The van der Waals surface area contributed by atoms with Crippen molar-refractivity contribution in [1.82, 2.24) is 14.9 Å². The number of aromatic nitrogens is 2. The Morgan fingerprint density at radius 3 is 2.48 bits per heavy atom. The molecule has 10 heteroatoms. The van der Waals surface area contributed by atoms with Crippen LogP contribution in [0.4, 0.5) is 8.78 Å².